The Balaban J connectivity index is 1.42. The molecular formula is C21H30N4O2. The Morgan fingerprint density at radius 1 is 1.30 bits per heavy atom. The van der Waals surface area contributed by atoms with Crippen molar-refractivity contribution in [2.24, 2.45) is 0 Å². The van der Waals surface area contributed by atoms with Crippen molar-refractivity contribution in [1.29, 1.82) is 0 Å². The fourth-order valence-electron chi connectivity index (χ4n) is 3.20. The second-order valence-electron chi connectivity index (χ2n) is 8.06. The molecule has 1 aliphatic heterocycles. The molecule has 0 radical (unpaired) electrons. The van der Waals surface area contributed by atoms with E-state index in [-0.39, 0.29) is 11.3 Å². The van der Waals surface area contributed by atoms with Crippen LogP contribution in [0.4, 0.5) is 0 Å². The first kappa shape index (κ1) is 19.4. The van der Waals surface area contributed by atoms with Crippen LogP contribution in [0.15, 0.2) is 36.5 Å². The summed E-state index contributed by atoms with van der Waals surface area (Å²) in [5.74, 6) is 0.649. The van der Waals surface area contributed by atoms with Crippen LogP contribution in [0.2, 0.25) is 0 Å². The Morgan fingerprint density at radius 3 is 2.74 bits per heavy atom. The van der Waals surface area contributed by atoms with Gasteiger partial charge in [0, 0.05) is 12.7 Å². The number of amides is 1. The average molecular weight is 370 g/mol. The third kappa shape index (κ3) is 5.32. The summed E-state index contributed by atoms with van der Waals surface area (Å²) >= 11 is 0. The summed E-state index contributed by atoms with van der Waals surface area (Å²) < 4.78 is 7.61. The minimum Gasteiger partial charge on any atom is -0.492 e. The van der Waals surface area contributed by atoms with Gasteiger partial charge in [0.05, 0.1) is 12.6 Å². The van der Waals surface area contributed by atoms with E-state index in [9.17, 15) is 4.79 Å². The van der Waals surface area contributed by atoms with Gasteiger partial charge in [-0.3, -0.25) is 9.48 Å². The molecule has 6 heteroatoms. The second-order valence-corrected chi connectivity index (χ2v) is 8.06. The first-order valence-corrected chi connectivity index (χ1v) is 9.71. The van der Waals surface area contributed by atoms with Crippen LogP contribution in [0, 0.1) is 0 Å². The highest BCUT2D eigenvalue weighted by Gasteiger charge is 2.17. The predicted molar refractivity (Wildman–Crippen MR) is 106 cm³/mol. The van der Waals surface area contributed by atoms with Crippen LogP contribution < -0.4 is 15.4 Å². The lowest BCUT2D eigenvalue weighted by atomic mass is 9.87. The fraction of sp³-hybridized carbons (Fsp3) is 0.524. The summed E-state index contributed by atoms with van der Waals surface area (Å²) in [5, 5.41) is 10.7. The molecule has 0 saturated carbocycles. The Kier molecular flexibility index (Phi) is 6.16. The van der Waals surface area contributed by atoms with Crippen LogP contribution in [-0.4, -0.2) is 41.9 Å². The Labute approximate surface area is 161 Å². The van der Waals surface area contributed by atoms with E-state index >= 15 is 0 Å². The molecule has 2 aromatic rings. The molecule has 1 fully saturated rings. The van der Waals surface area contributed by atoms with Crippen LogP contribution >= 0.6 is 0 Å². The monoisotopic (exact) mass is 370 g/mol. The first-order valence-electron chi connectivity index (χ1n) is 9.71. The van der Waals surface area contributed by atoms with E-state index in [0.29, 0.717) is 24.9 Å². The summed E-state index contributed by atoms with van der Waals surface area (Å²) in [5.41, 5.74) is 1.85. The number of piperidine rings is 1. The molecule has 1 amide bonds. The van der Waals surface area contributed by atoms with Gasteiger partial charge in [-0.25, -0.2) is 0 Å². The van der Waals surface area contributed by atoms with Crippen LogP contribution in [-0.2, 0) is 5.41 Å². The van der Waals surface area contributed by atoms with Gasteiger partial charge >= 0.3 is 0 Å². The predicted octanol–water partition coefficient (Wildman–Crippen LogP) is 2.91. The van der Waals surface area contributed by atoms with Crippen molar-refractivity contribution in [2.75, 3.05) is 26.2 Å². The van der Waals surface area contributed by atoms with E-state index in [4.69, 9.17) is 4.74 Å². The zero-order chi connectivity index (χ0) is 19.3. The molecule has 3 rings (SSSR count). The highest BCUT2D eigenvalue weighted by atomic mass is 16.5. The number of ether oxygens (including phenoxy) is 1. The molecule has 6 nitrogen and oxygen atoms in total. The van der Waals surface area contributed by atoms with Crippen LogP contribution in [0.5, 0.6) is 5.75 Å². The SMILES string of the molecule is CC(C)(C)c1ccc(OCCNC(=O)c2ccn(C3CCCNC3)n2)cc1. The molecule has 1 atom stereocenters. The number of nitrogens with one attached hydrogen (secondary N) is 2. The summed E-state index contributed by atoms with van der Waals surface area (Å²) in [6, 6.07) is 10.2. The Bertz CT molecular complexity index is 740. The zero-order valence-electron chi connectivity index (χ0n) is 16.5. The van der Waals surface area contributed by atoms with Crippen molar-refractivity contribution in [3.05, 3.63) is 47.8 Å². The number of benzene rings is 1. The van der Waals surface area contributed by atoms with E-state index < -0.39 is 0 Å². The second kappa shape index (κ2) is 8.57. The molecular weight excluding hydrogens is 340 g/mol. The van der Waals surface area contributed by atoms with Crippen molar-refractivity contribution in [3.8, 4) is 5.75 Å². The minimum atomic E-state index is -0.163. The first-order chi connectivity index (χ1) is 12.9. The molecule has 27 heavy (non-hydrogen) atoms. The van der Waals surface area contributed by atoms with E-state index in [1.165, 1.54) is 5.56 Å². The molecule has 1 saturated heterocycles. The van der Waals surface area contributed by atoms with E-state index in [0.717, 1.165) is 31.7 Å². The summed E-state index contributed by atoms with van der Waals surface area (Å²) in [6.45, 7) is 9.39. The van der Waals surface area contributed by atoms with Crippen molar-refractivity contribution in [2.45, 2.75) is 45.1 Å². The van der Waals surface area contributed by atoms with Gasteiger partial charge in [0.25, 0.3) is 5.91 Å². The maximum atomic E-state index is 12.2. The summed E-state index contributed by atoms with van der Waals surface area (Å²) in [4.78, 5) is 12.2. The third-order valence-electron chi connectivity index (χ3n) is 4.86. The largest absolute Gasteiger partial charge is 0.492 e. The summed E-state index contributed by atoms with van der Waals surface area (Å²) in [6.07, 6.45) is 4.12. The molecule has 1 aromatic heterocycles. The van der Waals surface area contributed by atoms with Crippen molar-refractivity contribution in [1.82, 2.24) is 20.4 Å². The smallest absolute Gasteiger partial charge is 0.271 e. The van der Waals surface area contributed by atoms with Gasteiger partial charge in [-0.2, -0.15) is 5.10 Å². The van der Waals surface area contributed by atoms with Gasteiger partial charge in [-0.1, -0.05) is 32.9 Å². The van der Waals surface area contributed by atoms with Gasteiger partial charge < -0.3 is 15.4 Å². The number of nitrogens with zero attached hydrogens (tertiary/aromatic N) is 2. The Hall–Kier alpha value is -2.34. The number of rotatable bonds is 6. The summed E-state index contributed by atoms with van der Waals surface area (Å²) in [7, 11) is 0. The molecule has 146 valence electrons. The van der Waals surface area contributed by atoms with Crippen molar-refractivity contribution in [3.63, 3.8) is 0 Å². The van der Waals surface area contributed by atoms with E-state index in [2.05, 4.69) is 48.6 Å². The highest BCUT2D eigenvalue weighted by molar-refractivity contribution is 5.92. The normalized spacial score (nSPS) is 17.5. The van der Waals surface area contributed by atoms with Crippen LogP contribution in [0.25, 0.3) is 0 Å². The standard InChI is InChI=1S/C21H30N4O2/c1-21(2,3)16-6-8-18(9-7-16)27-14-12-23-20(26)19-10-13-25(24-19)17-5-4-11-22-15-17/h6-10,13,17,22H,4-5,11-12,14-15H2,1-3H3,(H,23,26). The molecule has 2 N–H and O–H groups in total. The zero-order valence-corrected chi connectivity index (χ0v) is 16.5. The molecule has 1 unspecified atom stereocenters. The highest BCUT2D eigenvalue weighted by Crippen LogP contribution is 2.24. The quantitative estimate of drug-likeness (QED) is 0.767. The van der Waals surface area contributed by atoms with Gasteiger partial charge in [0.15, 0.2) is 0 Å². The van der Waals surface area contributed by atoms with Crippen molar-refractivity contribution >= 4 is 5.91 Å². The molecule has 1 aliphatic rings. The van der Waals surface area contributed by atoms with Gasteiger partial charge in [0.1, 0.15) is 18.1 Å². The molecule has 2 heterocycles. The number of carbonyl (C=O) groups is 1. The molecule has 1 aromatic carbocycles. The van der Waals surface area contributed by atoms with Crippen LogP contribution in [0.1, 0.15) is 55.7 Å². The molecule has 0 aliphatic carbocycles. The average Bonchev–Trinajstić information content (AvgIpc) is 3.16. The number of hydrogen-bond donors (Lipinski definition) is 2. The van der Waals surface area contributed by atoms with Crippen molar-refractivity contribution < 1.29 is 9.53 Å². The van der Waals surface area contributed by atoms with Gasteiger partial charge in [-0.05, 0) is 48.6 Å². The number of aromatic nitrogens is 2. The Morgan fingerprint density at radius 2 is 2.07 bits per heavy atom. The maximum Gasteiger partial charge on any atom is 0.271 e. The third-order valence-corrected chi connectivity index (χ3v) is 4.86. The van der Waals surface area contributed by atoms with E-state index in [1.807, 2.05) is 23.0 Å². The number of carbonyl (C=O) groups excluding carboxylic acids is 1. The number of hydrogen-bond acceptors (Lipinski definition) is 4. The lowest BCUT2D eigenvalue weighted by Crippen LogP contribution is -2.32. The minimum absolute atomic E-state index is 0.129. The lowest BCUT2D eigenvalue weighted by molar-refractivity contribution is 0.0940. The lowest BCUT2D eigenvalue weighted by Gasteiger charge is -2.22. The van der Waals surface area contributed by atoms with Gasteiger partial charge in [0.2, 0.25) is 0 Å². The van der Waals surface area contributed by atoms with Crippen LogP contribution in [0.3, 0.4) is 0 Å². The van der Waals surface area contributed by atoms with E-state index in [1.54, 1.807) is 6.07 Å². The molecule has 0 bridgehead atoms. The topological polar surface area (TPSA) is 68.2 Å². The fourth-order valence-corrected chi connectivity index (χ4v) is 3.20. The van der Waals surface area contributed by atoms with Gasteiger partial charge in [-0.15, -0.1) is 0 Å². The maximum absolute atomic E-state index is 12.2. The molecule has 0 spiro atoms.